The van der Waals surface area contributed by atoms with Crippen LogP contribution < -0.4 is 5.32 Å². The van der Waals surface area contributed by atoms with Gasteiger partial charge in [-0.3, -0.25) is 9.59 Å². The monoisotopic (exact) mass is 322 g/mol. The molecule has 2 rings (SSSR count). The van der Waals surface area contributed by atoms with Crippen LogP contribution in [-0.4, -0.2) is 41.5 Å². The fourth-order valence-electron chi connectivity index (χ4n) is 2.91. The molecule has 1 aromatic carbocycles. The lowest BCUT2D eigenvalue weighted by atomic mass is 9.86. The number of nitrogens with zero attached hydrogens (tertiary/aromatic N) is 1. The Bertz CT molecular complexity index is 591. The molecule has 2 atom stereocenters. The maximum Gasteiger partial charge on any atom is 0.313 e. The SMILES string of the molecule is Cc1ccc(NC(=O)C(=O)N(C)CC2CCCCC2O)c(F)c1. The lowest BCUT2D eigenvalue weighted by Crippen LogP contribution is -2.42. The van der Waals surface area contributed by atoms with Crippen molar-refractivity contribution in [3.8, 4) is 0 Å². The molecule has 1 saturated carbocycles. The number of hydrogen-bond donors (Lipinski definition) is 2. The highest BCUT2D eigenvalue weighted by Gasteiger charge is 2.28. The minimum atomic E-state index is -0.874. The molecule has 2 amide bonds. The first-order chi connectivity index (χ1) is 10.9. The van der Waals surface area contributed by atoms with Crippen LogP contribution in [0.15, 0.2) is 18.2 Å². The first-order valence-electron chi connectivity index (χ1n) is 7.89. The Labute approximate surface area is 135 Å². The number of likely N-dealkylation sites (N-methyl/N-ethyl adjacent to an activating group) is 1. The van der Waals surface area contributed by atoms with E-state index in [9.17, 15) is 19.1 Å². The standard InChI is InChI=1S/C17H23FN2O3/c1-11-7-8-14(13(18)9-11)19-16(22)17(23)20(2)10-12-5-3-4-6-15(12)21/h7-9,12,15,21H,3-6,10H2,1-2H3,(H,19,22). The van der Waals surface area contributed by atoms with Crippen LogP contribution in [0.3, 0.4) is 0 Å². The average molecular weight is 322 g/mol. The molecule has 0 heterocycles. The van der Waals surface area contributed by atoms with Crippen molar-refractivity contribution in [2.75, 3.05) is 18.9 Å². The Morgan fingerprint density at radius 1 is 1.35 bits per heavy atom. The number of aryl methyl sites for hydroxylation is 1. The summed E-state index contributed by atoms with van der Waals surface area (Å²) in [5.41, 5.74) is 0.718. The van der Waals surface area contributed by atoms with Gasteiger partial charge in [-0.1, -0.05) is 18.9 Å². The van der Waals surface area contributed by atoms with Crippen molar-refractivity contribution in [1.29, 1.82) is 0 Å². The van der Waals surface area contributed by atoms with Crippen molar-refractivity contribution >= 4 is 17.5 Å². The summed E-state index contributed by atoms with van der Waals surface area (Å²) in [5, 5.41) is 12.2. The molecule has 0 radical (unpaired) electrons. The van der Waals surface area contributed by atoms with Crippen LogP contribution in [-0.2, 0) is 9.59 Å². The maximum absolute atomic E-state index is 13.7. The summed E-state index contributed by atoms with van der Waals surface area (Å²) in [5.74, 6) is -2.19. The molecule has 2 N–H and O–H groups in total. The van der Waals surface area contributed by atoms with Crippen LogP contribution in [0.5, 0.6) is 0 Å². The zero-order valence-electron chi connectivity index (χ0n) is 13.5. The molecule has 2 unspecified atom stereocenters. The molecule has 0 bridgehead atoms. The second-order valence-electron chi connectivity index (χ2n) is 6.23. The predicted octanol–water partition coefficient (Wildman–Crippen LogP) is 2.08. The fourth-order valence-corrected chi connectivity index (χ4v) is 2.91. The zero-order valence-corrected chi connectivity index (χ0v) is 13.5. The molecule has 0 aliphatic heterocycles. The van der Waals surface area contributed by atoms with Crippen LogP contribution >= 0.6 is 0 Å². The van der Waals surface area contributed by atoms with Crippen molar-refractivity contribution in [2.45, 2.75) is 38.7 Å². The van der Waals surface area contributed by atoms with E-state index in [1.807, 2.05) is 0 Å². The van der Waals surface area contributed by atoms with Gasteiger partial charge in [-0.25, -0.2) is 4.39 Å². The minimum absolute atomic E-state index is 0.0124. The third-order valence-electron chi connectivity index (χ3n) is 4.29. The zero-order chi connectivity index (χ0) is 17.0. The van der Waals surface area contributed by atoms with Crippen molar-refractivity contribution in [1.82, 2.24) is 4.90 Å². The second kappa shape index (κ2) is 7.55. The quantitative estimate of drug-likeness (QED) is 0.837. The number of benzene rings is 1. The highest BCUT2D eigenvalue weighted by atomic mass is 19.1. The smallest absolute Gasteiger partial charge is 0.313 e. The lowest BCUT2D eigenvalue weighted by Gasteiger charge is -2.30. The van der Waals surface area contributed by atoms with Crippen LogP contribution in [0.1, 0.15) is 31.2 Å². The van der Waals surface area contributed by atoms with Gasteiger partial charge in [0.2, 0.25) is 0 Å². The Morgan fingerprint density at radius 3 is 2.70 bits per heavy atom. The summed E-state index contributed by atoms with van der Waals surface area (Å²) >= 11 is 0. The van der Waals surface area contributed by atoms with Gasteiger partial charge < -0.3 is 15.3 Å². The van der Waals surface area contributed by atoms with Gasteiger partial charge in [0, 0.05) is 19.5 Å². The summed E-state index contributed by atoms with van der Waals surface area (Å²) in [6.45, 7) is 2.06. The van der Waals surface area contributed by atoms with Gasteiger partial charge in [0.05, 0.1) is 11.8 Å². The molecule has 5 nitrogen and oxygen atoms in total. The number of carbonyl (C=O) groups is 2. The third-order valence-corrected chi connectivity index (χ3v) is 4.29. The number of aliphatic hydroxyl groups is 1. The number of hydrogen-bond acceptors (Lipinski definition) is 3. The molecular weight excluding hydrogens is 299 g/mol. The average Bonchev–Trinajstić information content (AvgIpc) is 2.51. The summed E-state index contributed by atoms with van der Waals surface area (Å²) in [4.78, 5) is 25.4. The Morgan fingerprint density at radius 2 is 2.04 bits per heavy atom. The fraction of sp³-hybridized carbons (Fsp3) is 0.529. The Kier molecular flexibility index (Phi) is 5.71. The van der Waals surface area contributed by atoms with Crippen LogP contribution in [0.25, 0.3) is 0 Å². The molecule has 0 spiro atoms. The largest absolute Gasteiger partial charge is 0.393 e. The maximum atomic E-state index is 13.7. The lowest BCUT2D eigenvalue weighted by molar-refractivity contribution is -0.143. The van der Waals surface area contributed by atoms with E-state index in [4.69, 9.17) is 0 Å². The topological polar surface area (TPSA) is 69.6 Å². The Balaban J connectivity index is 1.94. The van der Waals surface area contributed by atoms with Crippen LogP contribution in [0, 0.1) is 18.7 Å². The first kappa shape index (κ1) is 17.4. The summed E-state index contributed by atoms with van der Waals surface area (Å²) < 4.78 is 13.7. The molecule has 1 aliphatic rings. The highest BCUT2D eigenvalue weighted by molar-refractivity contribution is 6.39. The summed E-state index contributed by atoms with van der Waals surface area (Å²) in [6, 6.07) is 4.38. The molecule has 1 aromatic rings. The number of carbonyl (C=O) groups excluding carboxylic acids is 2. The van der Waals surface area contributed by atoms with Crippen LogP contribution in [0.4, 0.5) is 10.1 Å². The van der Waals surface area contributed by atoms with E-state index < -0.39 is 23.7 Å². The molecule has 23 heavy (non-hydrogen) atoms. The normalized spacial score (nSPS) is 20.9. The number of halogens is 1. The molecule has 126 valence electrons. The number of aliphatic hydroxyl groups excluding tert-OH is 1. The minimum Gasteiger partial charge on any atom is -0.393 e. The number of rotatable bonds is 3. The van der Waals surface area contributed by atoms with E-state index >= 15 is 0 Å². The molecule has 0 saturated heterocycles. The summed E-state index contributed by atoms with van der Waals surface area (Å²) in [6.07, 6.45) is 3.14. The van der Waals surface area contributed by atoms with E-state index in [0.29, 0.717) is 6.54 Å². The highest BCUT2D eigenvalue weighted by Crippen LogP contribution is 2.25. The van der Waals surface area contributed by atoms with Crippen molar-refractivity contribution in [3.63, 3.8) is 0 Å². The van der Waals surface area contributed by atoms with Gasteiger partial charge in [-0.2, -0.15) is 0 Å². The molecule has 6 heteroatoms. The van der Waals surface area contributed by atoms with E-state index in [1.165, 1.54) is 24.1 Å². The molecule has 1 aliphatic carbocycles. The van der Waals surface area contributed by atoms with Crippen LogP contribution in [0.2, 0.25) is 0 Å². The number of anilines is 1. The van der Waals surface area contributed by atoms with Gasteiger partial charge in [0.1, 0.15) is 5.82 Å². The van der Waals surface area contributed by atoms with Crippen molar-refractivity contribution < 1.29 is 19.1 Å². The molecule has 1 fully saturated rings. The predicted molar refractivity (Wildman–Crippen MR) is 85.4 cm³/mol. The first-order valence-corrected chi connectivity index (χ1v) is 7.89. The molecule has 0 aromatic heterocycles. The van der Waals surface area contributed by atoms with Gasteiger partial charge in [-0.05, 0) is 37.5 Å². The number of nitrogens with one attached hydrogen (secondary N) is 1. The summed E-state index contributed by atoms with van der Waals surface area (Å²) in [7, 11) is 1.52. The second-order valence-corrected chi connectivity index (χ2v) is 6.23. The van der Waals surface area contributed by atoms with Crippen molar-refractivity contribution in [3.05, 3.63) is 29.6 Å². The van der Waals surface area contributed by atoms with Gasteiger partial charge >= 0.3 is 11.8 Å². The van der Waals surface area contributed by atoms with Gasteiger partial charge in [-0.15, -0.1) is 0 Å². The number of amides is 2. The third kappa shape index (κ3) is 4.51. The van der Waals surface area contributed by atoms with Gasteiger partial charge in [0.25, 0.3) is 0 Å². The van der Waals surface area contributed by atoms with Crippen molar-refractivity contribution in [2.24, 2.45) is 5.92 Å². The van der Waals surface area contributed by atoms with E-state index in [1.54, 1.807) is 13.0 Å². The Hall–Kier alpha value is -1.95. The van der Waals surface area contributed by atoms with Gasteiger partial charge in [0.15, 0.2) is 0 Å². The van der Waals surface area contributed by atoms with E-state index in [2.05, 4.69) is 5.32 Å². The molecular formula is C17H23FN2O3. The van der Waals surface area contributed by atoms with E-state index in [-0.39, 0.29) is 11.6 Å². The van der Waals surface area contributed by atoms with E-state index in [0.717, 1.165) is 31.2 Å².